The molecule has 163 valence electrons. The number of carbonyl (C=O) groups is 1. The first kappa shape index (κ1) is 33.3. The van der Waals surface area contributed by atoms with Crippen molar-refractivity contribution in [3.63, 3.8) is 0 Å². The molecule has 0 bridgehead atoms. The van der Waals surface area contributed by atoms with E-state index in [4.69, 9.17) is 4.98 Å². The van der Waals surface area contributed by atoms with Gasteiger partial charge in [-0.3, -0.25) is 9.36 Å². The summed E-state index contributed by atoms with van der Waals surface area (Å²) in [4.78, 5) is 17.6. The van der Waals surface area contributed by atoms with Crippen LogP contribution in [0.2, 0.25) is 0 Å². The van der Waals surface area contributed by atoms with E-state index in [1.807, 2.05) is 31.2 Å². The number of halogens is 2. The Morgan fingerprint density at radius 1 is 0.793 bits per heavy atom. The Bertz CT molecular complexity index is 981. The zero-order valence-corrected chi connectivity index (χ0v) is 19.5. The van der Waals surface area contributed by atoms with Crippen LogP contribution in [0.3, 0.4) is 0 Å². The molecule has 1 aromatic heterocycles. The first-order valence-electron chi connectivity index (χ1n) is 7.49. The summed E-state index contributed by atoms with van der Waals surface area (Å²) >= 11 is 4.74. The predicted molar refractivity (Wildman–Crippen MR) is 146 cm³/mol. The second-order valence-electron chi connectivity index (χ2n) is 5.88. The minimum absolute atomic E-state index is 0. The van der Waals surface area contributed by atoms with E-state index in [2.05, 4.69) is 60.7 Å². The zero-order chi connectivity index (χ0) is 17.6. The molecule has 0 atom stereocenters. The first-order chi connectivity index (χ1) is 11.4. The summed E-state index contributed by atoms with van der Waals surface area (Å²) < 4.78 is 1.76. The second-order valence-corrected chi connectivity index (χ2v) is 17.7. The van der Waals surface area contributed by atoms with Gasteiger partial charge < -0.3 is 0 Å². The third-order valence-corrected chi connectivity index (χ3v) is 4.89. The van der Waals surface area contributed by atoms with Gasteiger partial charge >= 0.3 is 49.4 Å². The van der Waals surface area contributed by atoms with Gasteiger partial charge in [-0.15, -0.1) is 0 Å². The Labute approximate surface area is 207 Å². The summed E-state index contributed by atoms with van der Waals surface area (Å²) in [6.07, 6.45) is 0. The molecule has 0 radical (unpaired) electrons. The van der Waals surface area contributed by atoms with Gasteiger partial charge in [-0.1, -0.05) is 49.3 Å². The number of fused-ring (bicyclic) bond motifs is 5. The number of para-hydroxylation sites is 2. The Hall–Kier alpha value is -0.376. The van der Waals surface area contributed by atoms with Crippen LogP contribution in [0.1, 0.15) is 69.7 Å². The quantitative estimate of drug-likeness (QED) is 0.177. The molecule has 2 heterocycles. The second kappa shape index (κ2) is 13.1. The van der Waals surface area contributed by atoms with Gasteiger partial charge in [-0.05, 0) is 62.1 Å². The van der Waals surface area contributed by atoms with Crippen molar-refractivity contribution in [2.45, 2.75) is 64.8 Å². The number of nitrogens with zero attached hydrogens (tertiary/aromatic N) is 2. The first-order valence-corrected chi connectivity index (χ1v) is 16.5. The molecule has 3 nitrogen and oxygen atoms in total. The van der Waals surface area contributed by atoms with Crippen LogP contribution in [0, 0.1) is 27.7 Å². The summed E-state index contributed by atoms with van der Waals surface area (Å²) in [7, 11) is 0.628. The van der Waals surface area contributed by atoms with E-state index in [0.717, 1.165) is 39.1 Å². The molecule has 3 aromatic rings. The molecule has 0 N–H and O–H groups in total. The molecule has 1 aliphatic rings. The van der Waals surface area contributed by atoms with Gasteiger partial charge in [-0.2, -0.15) is 0 Å². The van der Waals surface area contributed by atoms with Gasteiger partial charge in [0.05, 0.1) is 16.6 Å². The van der Waals surface area contributed by atoms with Gasteiger partial charge in [0.15, 0.2) is 0 Å². The molecule has 0 saturated heterocycles. The van der Waals surface area contributed by atoms with E-state index in [1.54, 1.807) is 4.57 Å². The van der Waals surface area contributed by atoms with Crippen molar-refractivity contribution in [3.05, 3.63) is 52.1 Å². The topological polar surface area (TPSA) is 34.9 Å². The number of aromatic nitrogens is 2. The molecule has 0 aliphatic carbocycles. The third-order valence-electron chi connectivity index (χ3n) is 4.89. The van der Waals surface area contributed by atoms with Crippen LogP contribution in [-0.2, 0) is 9.47 Å². The Balaban J connectivity index is -0.000000800. The normalized spacial score (nSPS) is 9.79. The molecule has 29 heavy (non-hydrogen) atoms. The average molecular weight is 661 g/mol. The van der Waals surface area contributed by atoms with Crippen LogP contribution in [0.5, 0.6) is 0 Å². The van der Waals surface area contributed by atoms with E-state index in [1.165, 1.54) is 11.1 Å². The van der Waals surface area contributed by atoms with Gasteiger partial charge in [0.1, 0.15) is 5.82 Å². The molecule has 2 aromatic carbocycles. The van der Waals surface area contributed by atoms with E-state index >= 15 is 0 Å². The molecule has 0 amide bonds. The summed E-state index contributed by atoms with van der Waals surface area (Å²) in [6.45, 7) is 8.33. The van der Waals surface area contributed by atoms with Crippen molar-refractivity contribution in [1.82, 2.24) is 9.55 Å². The molecular weight excluding hydrogens is 625 g/mol. The van der Waals surface area contributed by atoms with Crippen LogP contribution < -0.4 is 0 Å². The van der Waals surface area contributed by atoms with E-state index in [-0.39, 0.29) is 43.0 Å². The maximum absolute atomic E-state index is 12.9. The summed E-state index contributed by atoms with van der Waals surface area (Å²) in [6, 6.07) is 7.82. The summed E-state index contributed by atoms with van der Waals surface area (Å²) in [5.41, 5.74) is 8.29. The molecule has 4 rings (SSSR count). The number of hydrogen-bond donors (Lipinski definition) is 0. The van der Waals surface area contributed by atoms with Crippen molar-refractivity contribution >= 4 is 56.9 Å². The van der Waals surface area contributed by atoms with Gasteiger partial charge in [0.25, 0.3) is 5.91 Å². The van der Waals surface area contributed by atoms with Crippen LogP contribution in [0.25, 0.3) is 22.4 Å². The monoisotopic (exact) mass is 661 g/mol. The van der Waals surface area contributed by atoms with E-state index in [9.17, 15) is 4.79 Å². The van der Waals surface area contributed by atoms with Crippen molar-refractivity contribution in [2.24, 2.45) is 0 Å². The zero-order valence-electron chi connectivity index (χ0n) is 13.8. The molecule has 0 unspecified atom stereocenters. The van der Waals surface area contributed by atoms with E-state index in [0.29, 0.717) is 9.47 Å². The molecule has 0 spiro atoms. The van der Waals surface area contributed by atoms with Crippen molar-refractivity contribution < 1.29 is 14.3 Å². The predicted octanol–water partition coefficient (Wildman–Crippen LogP) is 8.89. The Morgan fingerprint density at radius 3 is 1.76 bits per heavy atom. The molecule has 0 saturated carbocycles. The average Bonchev–Trinajstić information content (AvgIpc) is 3.07. The van der Waals surface area contributed by atoms with E-state index < -0.39 is 0 Å². The molecule has 1 aliphatic heterocycles. The summed E-state index contributed by atoms with van der Waals surface area (Å²) in [5.74, 6) is 0.845. The number of imidazole rings is 1. The SMILES string of the molecule is C.C.C.C.C.Cc1c(C)c(C)c2c(c1C)C(=O)n1c-2nc2ccccc21.[I][V][I]. The molecule has 6 heteroatoms. The third kappa shape index (κ3) is 5.28. The van der Waals surface area contributed by atoms with Gasteiger partial charge in [0, 0.05) is 5.56 Å². The van der Waals surface area contributed by atoms with Gasteiger partial charge in [0.2, 0.25) is 0 Å². The van der Waals surface area contributed by atoms with Crippen LogP contribution >= 0.6 is 40.0 Å². The van der Waals surface area contributed by atoms with Crippen LogP contribution in [0.15, 0.2) is 24.3 Å². The van der Waals surface area contributed by atoms with Gasteiger partial charge in [-0.25, -0.2) is 4.98 Å². The van der Waals surface area contributed by atoms with Crippen LogP contribution in [0.4, 0.5) is 0 Å². The molecular formula is C23H36I2N2OV. The fourth-order valence-electron chi connectivity index (χ4n) is 3.37. The number of carbonyl (C=O) groups excluding carboxylic acids is 1. The van der Waals surface area contributed by atoms with Crippen LogP contribution in [-0.4, -0.2) is 15.5 Å². The Morgan fingerprint density at radius 2 is 1.24 bits per heavy atom. The van der Waals surface area contributed by atoms with Crippen molar-refractivity contribution in [1.29, 1.82) is 0 Å². The Kier molecular flexibility index (Phi) is 15.1. The maximum atomic E-state index is 12.9. The minimum atomic E-state index is 0. The number of rotatable bonds is 0. The number of hydrogen-bond acceptors (Lipinski definition) is 2. The number of benzene rings is 2. The molecule has 0 fully saturated rings. The fraction of sp³-hybridized carbons (Fsp3) is 0.391. The van der Waals surface area contributed by atoms with Crippen molar-refractivity contribution in [3.8, 4) is 11.4 Å². The summed E-state index contributed by atoms with van der Waals surface area (Å²) in [5, 5.41) is 0. The standard InChI is InChI=1S/C18H16N2O.5CH4.2HI.V/c1-9-10(2)12(4)16-15(11(9)3)17-19-13-7-5-6-8-14(13)20(17)18(16)21;;;;;;;;/h5-8H,1-4H3;5*1H4;2*1H;/q;;;;;;;;+2/p-2. The van der Waals surface area contributed by atoms with Crippen molar-refractivity contribution in [2.75, 3.05) is 0 Å². The fourth-order valence-corrected chi connectivity index (χ4v) is 3.37.